The first-order chi connectivity index (χ1) is 8.20. The molecular weight excluding hydrogens is 222 g/mol. The molecule has 0 aliphatic carbocycles. The van der Waals surface area contributed by atoms with E-state index in [1.165, 1.54) is 24.5 Å². The number of aromatic nitrogens is 2. The molecule has 2 aromatic rings. The number of hydrogen-bond donors (Lipinski definition) is 1. The second-order valence-electron chi connectivity index (χ2n) is 3.38. The van der Waals surface area contributed by atoms with E-state index in [1.54, 1.807) is 12.1 Å². The summed E-state index contributed by atoms with van der Waals surface area (Å²) in [6.45, 7) is -0.130. The molecule has 0 saturated carbocycles. The smallest absolute Gasteiger partial charge is 0.270 e. The molecule has 0 bridgehead atoms. The van der Waals surface area contributed by atoms with Crippen molar-refractivity contribution >= 4 is 5.69 Å². The Hall–Kier alpha value is -2.34. The van der Waals surface area contributed by atoms with Crippen LogP contribution in [0.5, 0.6) is 0 Å². The zero-order chi connectivity index (χ0) is 12.3. The number of aliphatic hydroxyl groups is 1. The van der Waals surface area contributed by atoms with Gasteiger partial charge in [0.25, 0.3) is 5.69 Å². The number of nitro benzene ring substituents is 1. The molecule has 0 unspecified atom stereocenters. The molecule has 0 amide bonds. The highest BCUT2D eigenvalue weighted by atomic mass is 16.6. The molecule has 0 fully saturated rings. The number of benzene rings is 1. The number of rotatable bonds is 3. The van der Waals surface area contributed by atoms with Crippen LogP contribution in [-0.2, 0) is 6.61 Å². The lowest BCUT2D eigenvalue weighted by atomic mass is 10.2. The lowest BCUT2D eigenvalue weighted by Gasteiger charge is -2.00. The highest BCUT2D eigenvalue weighted by molar-refractivity contribution is 5.58. The van der Waals surface area contributed by atoms with E-state index >= 15 is 0 Å². The van der Waals surface area contributed by atoms with Gasteiger partial charge in [-0.2, -0.15) is 0 Å². The van der Waals surface area contributed by atoms with Gasteiger partial charge < -0.3 is 5.11 Å². The van der Waals surface area contributed by atoms with Crippen LogP contribution in [-0.4, -0.2) is 20.0 Å². The second-order valence-corrected chi connectivity index (χ2v) is 3.38. The Labute approximate surface area is 96.7 Å². The third-order valence-corrected chi connectivity index (χ3v) is 2.20. The molecule has 2 rings (SSSR count). The van der Waals surface area contributed by atoms with Crippen LogP contribution in [0.1, 0.15) is 5.56 Å². The van der Waals surface area contributed by atoms with E-state index < -0.39 is 4.92 Å². The zero-order valence-corrected chi connectivity index (χ0v) is 8.78. The zero-order valence-electron chi connectivity index (χ0n) is 8.78. The largest absolute Gasteiger partial charge is 0.392 e. The van der Waals surface area contributed by atoms with Crippen molar-refractivity contribution in [3.05, 3.63) is 52.3 Å². The van der Waals surface area contributed by atoms with Gasteiger partial charge in [0.2, 0.25) is 0 Å². The number of nitrogens with zero attached hydrogens (tertiary/aromatic N) is 3. The number of non-ortho nitro benzene ring substituents is 1. The van der Waals surface area contributed by atoms with Crippen LogP contribution in [0.4, 0.5) is 5.69 Å². The maximum Gasteiger partial charge on any atom is 0.270 e. The maximum atomic E-state index is 10.6. The maximum absolute atomic E-state index is 10.6. The van der Waals surface area contributed by atoms with Crippen molar-refractivity contribution in [1.29, 1.82) is 0 Å². The molecule has 6 heteroatoms. The molecule has 1 heterocycles. The van der Waals surface area contributed by atoms with Crippen LogP contribution >= 0.6 is 0 Å². The summed E-state index contributed by atoms with van der Waals surface area (Å²) >= 11 is 0. The Kier molecular flexibility index (Phi) is 3.06. The van der Waals surface area contributed by atoms with Gasteiger partial charge in [0.15, 0.2) is 5.82 Å². The van der Waals surface area contributed by atoms with Crippen LogP contribution in [0.15, 0.2) is 36.7 Å². The minimum atomic E-state index is -0.467. The molecule has 0 radical (unpaired) electrons. The highest BCUT2D eigenvalue weighted by Crippen LogP contribution is 2.20. The van der Waals surface area contributed by atoms with E-state index in [0.29, 0.717) is 17.0 Å². The minimum Gasteiger partial charge on any atom is -0.392 e. The van der Waals surface area contributed by atoms with Crippen molar-refractivity contribution in [2.24, 2.45) is 0 Å². The van der Waals surface area contributed by atoms with Gasteiger partial charge in [0, 0.05) is 35.7 Å². The van der Waals surface area contributed by atoms with E-state index in [4.69, 9.17) is 5.11 Å². The molecule has 0 spiro atoms. The summed E-state index contributed by atoms with van der Waals surface area (Å²) in [5.41, 5.74) is 1.17. The molecular formula is C11H9N3O3. The average molecular weight is 231 g/mol. The van der Waals surface area contributed by atoms with Crippen LogP contribution in [0, 0.1) is 10.1 Å². The van der Waals surface area contributed by atoms with E-state index in [-0.39, 0.29) is 12.3 Å². The first-order valence-corrected chi connectivity index (χ1v) is 4.87. The minimum absolute atomic E-state index is 0.00247. The molecule has 86 valence electrons. The van der Waals surface area contributed by atoms with Gasteiger partial charge >= 0.3 is 0 Å². The Balaban J connectivity index is 2.38. The standard InChI is InChI=1S/C11H9N3O3/c15-7-8-5-12-11(13-6-8)9-2-1-3-10(4-9)14(16)17/h1-6,15H,7H2. The summed E-state index contributed by atoms with van der Waals surface area (Å²) < 4.78 is 0. The fraction of sp³-hybridized carbons (Fsp3) is 0.0909. The Morgan fingerprint density at radius 1 is 1.29 bits per heavy atom. The normalized spacial score (nSPS) is 10.2. The summed E-state index contributed by atoms with van der Waals surface area (Å²) in [6.07, 6.45) is 2.97. The third kappa shape index (κ3) is 2.43. The van der Waals surface area contributed by atoms with Crippen LogP contribution in [0.3, 0.4) is 0 Å². The molecule has 1 N–H and O–H groups in total. The van der Waals surface area contributed by atoms with Crippen molar-refractivity contribution in [1.82, 2.24) is 9.97 Å². The van der Waals surface area contributed by atoms with Gasteiger partial charge in [-0.05, 0) is 0 Å². The molecule has 6 nitrogen and oxygen atoms in total. The Morgan fingerprint density at radius 3 is 2.59 bits per heavy atom. The van der Waals surface area contributed by atoms with E-state index in [0.717, 1.165) is 0 Å². The average Bonchev–Trinajstić information content (AvgIpc) is 2.39. The predicted molar refractivity (Wildman–Crippen MR) is 60.0 cm³/mol. The van der Waals surface area contributed by atoms with Gasteiger partial charge in [-0.1, -0.05) is 12.1 Å². The fourth-order valence-corrected chi connectivity index (χ4v) is 1.34. The van der Waals surface area contributed by atoms with Gasteiger partial charge in [-0.25, -0.2) is 9.97 Å². The SMILES string of the molecule is O=[N+]([O-])c1cccc(-c2ncc(CO)cn2)c1. The lowest BCUT2D eigenvalue weighted by Crippen LogP contribution is -1.93. The summed E-state index contributed by atoms with van der Waals surface area (Å²) in [5.74, 6) is 0.394. The fourth-order valence-electron chi connectivity index (χ4n) is 1.34. The monoisotopic (exact) mass is 231 g/mol. The van der Waals surface area contributed by atoms with Crippen molar-refractivity contribution in [2.45, 2.75) is 6.61 Å². The summed E-state index contributed by atoms with van der Waals surface area (Å²) in [7, 11) is 0. The summed E-state index contributed by atoms with van der Waals surface area (Å²) in [5, 5.41) is 19.5. The molecule has 0 aliphatic rings. The summed E-state index contributed by atoms with van der Waals surface area (Å²) in [6, 6.07) is 6.09. The molecule has 0 saturated heterocycles. The number of aliphatic hydroxyl groups excluding tert-OH is 1. The molecule has 1 aromatic heterocycles. The Morgan fingerprint density at radius 2 is 2.00 bits per heavy atom. The topological polar surface area (TPSA) is 89.2 Å². The van der Waals surface area contributed by atoms with Crippen LogP contribution in [0.25, 0.3) is 11.4 Å². The van der Waals surface area contributed by atoms with Gasteiger partial charge in [-0.15, -0.1) is 0 Å². The molecule has 0 aliphatic heterocycles. The van der Waals surface area contributed by atoms with Crippen molar-refractivity contribution in [3.8, 4) is 11.4 Å². The van der Waals surface area contributed by atoms with E-state index in [9.17, 15) is 10.1 Å². The number of hydrogen-bond acceptors (Lipinski definition) is 5. The Bertz CT molecular complexity index is 540. The molecule has 0 atom stereocenters. The van der Waals surface area contributed by atoms with Crippen LogP contribution < -0.4 is 0 Å². The molecule has 17 heavy (non-hydrogen) atoms. The second kappa shape index (κ2) is 4.67. The van der Waals surface area contributed by atoms with Crippen LogP contribution in [0.2, 0.25) is 0 Å². The first kappa shape index (κ1) is 11.2. The van der Waals surface area contributed by atoms with Crippen molar-refractivity contribution in [2.75, 3.05) is 0 Å². The highest BCUT2D eigenvalue weighted by Gasteiger charge is 2.08. The summed E-state index contributed by atoms with van der Waals surface area (Å²) in [4.78, 5) is 18.2. The quantitative estimate of drug-likeness (QED) is 0.639. The predicted octanol–water partition coefficient (Wildman–Crippen LogP) is 1.54. The van der Waals surface area contributed by atoms with E-state index in [2.05, 4.69) is 9.97 Å². The van der Waals surface area contributed by atoms with Crippen molar-refractivity contribution < 1.29 is 10.0 Å². The third-order valence-electron chi connectivity index (χ3n) is 2.20. The van der Waals surface area contributed by atoms with E-state index in [1.807, 2.05) is 0 Å². The lowest BCUT2D eigenvalue weighted by molar-refractivity contribution is -0.384. The van der Waals surface area contributed by atoms with Gasteiger partial charge in [0.1, 0.15) is 0 Å². The van der Waals surface area contributed by atoms with Gasteiger partial charge in [0.05, 0.1) is 11.5 Å². The molecule has 1 aromatic carbocycles. The van der Waals surface area contributed by atoms with Crippen molar-refractivity contribution in [3.63, 3.8) is 0 Å². The first-order valence-electron chi connectivity index (χ1n) is 4.87. The van der Waals surface area contributed by atoms with Gasteiger partial charge in [-0.3, -0.25) is 10.1 Å². The number of nitro groups is 1.